The van der Waals surface area contributed by atoms with E-state index in [1.807, 2.05) is 49.6 Å². The van der Waals surface area contributed by atoms with Gasteiger partial charge in [-0.1, -0.05) is 18.2 Å². The molecule has 0 aliphatic carbocycles. The summed E-state index contributed by atoms with van der Waals surface area (Å²) in [7, 11) is 0. The molecule has 0 bridgehead atoms. The van der Waals surface area contributed by atoms with Crippen LogP contribution in [-0.2, 0) is 4.79 Å². The van der Waals surface area contributed by atoms with Crippen LogP contribution in [0, 0.1) is 17.0 Å². The fourth-order valence-electron chi connectivity index (χ4n) is 2.92. The Balaban J connectivity index is 1.78. The third-order valence-corrected chi connectivity index (χ3v) is 6.44. The van der Waals surface area contributed by atoms with Crippen molar-refractivity contribution in [1.82, 2.24) is 4.98 Å². The number of carbonyl (C=O) groups excluding carboxylic acids is 1. The number of benzene rings is 2. The number of aliphatic imine (C=N–C) groups is 1. The topological polar surface area (TPSA) is 88.7 Å². The number of non-ortho nitro benzene ring substituents is 1. The van der Waals surface area contributed by atoms with Gasteiger partial charge in [0, 0.05) is 17.5 Å². The van der Waals surface area contributed by atoms with E-state index in [0.717, 1.165) is 16.8 Å². The first-order valence-corrected chi connectivity index (χ1v) is 10.7. The number of nitrogens with zero attached hydrogens (tertiary/aromatic N) is 4. The maximum absolute atomic E-state index is 13.3. The number of aryl methyl sites for hydroxylation is 1. The molecule has 1 aromatic heterocycles. The molecule has 1 fully saturated rings. The van der Waals surface area contributed by atoms with Crippen molar-refractivity contribution in [3.8, 4) is 0 Å². The van der Waals surface area contributed by atoms with Crippen LogP contribution >= 0.6 is 23.1 Å². The molecule has 2 heterocycles. The van der Waals surface area contributed by atoms with Gasteiger partial charge < -0.3 is 0 Å². The highest BCUT2D eigenvalue weighted by molar-refractivity contribution is 8.19. The molecule has 0 spiro atoms. The summed E-state index contributed by atoms with van der Waals surface area (Å²) in [6, 6.07) is 15.5. The van der Waals surface area contributed by atoms with Crippen molar-refractivity contribution in [2.75, 3.05) is 4.90 Å². The lowest BCUT2D eigenvalue weighted by Crippen LogP contribution is -2.28. The highest BCUT2D eigenvalue weighted by Crippen LogP contribution is 2.40. The second kappa shape index (κ2) is 8.21. The summed E-state index contributed by atoms with van der Waals surface area (Å²) in [4.78, 5) is 34.9. The van der Waals surface area contributed by atoms with Crippen LogP contribution in [0.15, 0.2) is 69.9 Å². The molecule has 0 radical (unpaired) electrons. The summed E-state index contributed by atoms with van der Waals surface area (Å²) in [5.41, 5.74) is 3.08. The van der Waals surface area contributed by atoms with E-state index < -0.39 is 4.92 Å². The third-order valence-electron chi connectivity index (χ3n) is 4.45. The lowest BCUT2D eigenvalue weighted by molar-refractivity contribution is -0.384. The van der Waals surface area contributed by atoms with E-state index in [2.05, 4.69) is 9.98 Å². The Morgan fingerprint density at radius 3 is 2.43 bits per heavy atom. The first kappa shape index (κ1) is 20.0. The van der Waals surface area contributed by atoms with Gasteiger partial charge in [-0.2, -0.15) is 4.99 Å². The number of amidine groups is 1. The normalized spacial score (nSPS) is 16.9. The van der Waals surface area contributed by atoms with Crippen molar-refractivity contribution in [3.05, 3.63) is 86.3 Å². The quantitative estimate of drug-likeness (QED) is 0.303. The second-order valence-electron chi connectivity index (χ2n) is 6.50. The van der Waals surface area contributed by atoms with Gasteiger partial charge in [0.2, 0.25) is 5.13 Å². The fourth-order valence-corrected chi connectivity index (χ4v) is 4.69. The summed E-state index contributed by atoms with van der Waals surface area (Å²) in [6.45, 7) is 3.73. The van der Waals surface area contributed by atoms with E-state index in [9.17, 15) is 14.9 Å². The molecule has 150 valence electrons. The zero-order valence-corrected chi connectivity index (χ0v) is 17.7. The Bertz CT molecular complexity index is 1180. The summed E-state index contributed by atoms with van der Waals surface area (Å²) >= 11 is 2.69. The molecule has 4 rings (SSSR count). The standard InChI is InChI=1S/C21H16N4O3S2/c1-13-12-29-20(22-13)23-21-24(16-6-4-3-5-7-16)19(26)18(30-21)14(2)15-8-10-17(11-9-15)25(27)28/h3-12H,1-2H3/b18-14-,23-21+. The maximum atomic E-state index is 13.3. The fraction of sp³-hybridized carbons (Fsp3) is 0.0952. The Morgan fingerprint density at radius 1 is 1.13 bits per heavy atom. The van der Waals surface area contributed by atoms with Gasteiger partial charge in [-0.05, 0) is 61.0 Å². The van der Waals surface area contributed by atoms with Crippen LogP contribution in [-0.4, -0.2) is 21.0 Å². The summed E-state index contributed by atoms with van der Waals surface area (Å²) in [5, 5.41) is 13.9. The van der Waals surface area contributed by atoms with Gasteiger partial charge in [0.05, 0.1) is 21.2 Å². The van der Waals surface area contributed by atoms with E-state index in [-0.39, 0.29) is 11.6 Å². The van der Waals surface area contributed by atoms with E-state index in [0.29, 0.717) is 20.9 Å². The van der Waals surface area contributed by atoms with Gasteiger partial charge in [0.15, 0.2) is 5.17 Å². The highest BCUT2D eigenvalue weighted by Gasteiger charge is 2.36. The highest BCUT2D eigenvalue weighted by atomic mass is 32.2. The van der Waals surface area contributed by atoms with Gasteiger partial charge in [-0.3, -0.25) is 19.8 Å². The number of carbonyl (C=O) groups is 1. The minimum atomic E-state index is -0.445. The van der Waals surface area contributed by atoms with Gasteiger partial charge in [0.1, 0.15) is 0 Å². The number of amides is 1. The zero-order chi connectivity index (χ0) is 21.3. The lowest BCUT2D eigenvalue weighted by atomic mass is 10.1. The average molecular weight is 437 g/mol. The molecule has 2 aromatic carbocycles. The molecule has 1 saturated heterocycles. The predicted octanol–water partition coefficient (Wildman–Crippen LogP) is 5.56. The van der Waals surface area contributed by atoms with Crippen molar-refractivity contribution >= 4 is 56.3 Å². The zero-order valence-electron chi connectivity index (χ0n) is 16.1. The molecular weight excluding hydrogens is 420 g/mol. The Labute approximate surface area is 180 Å². The Morgan fingerprint density at radius 2 is 1.83 bits per heavy atom. The molecule has 1 amide bonds. The number of nitro groups is 1. The number of hydrogen-bond acceptors (Lipinski definition) is 7. The van der Waals surface area contributed by atoms with Crippen LogP contribution in [0.3, 0.4) is 0 Å². The number of aromatic nitrogens is 1. The van der Waals surface area contributed by atoms with Crippen LogP contribution in [0.2, 0.25) is 0 Å². The summed E-state index contributed by atoms with van der Waals surface area (Å²) in [6.07, 6.45) is 0. The van der Waals surface area contributed by atoms with Crippen molar-refractivity contribution in [1.29, 1.82) is 0 Å². The molecule has 7 nitrogen and oxygen atoms in total. The molecule has 0 saturated carbocycles. The molecule has 0 atom stereocenters. The van der Waals surface area contributed by atoms with Crippen molar-refractivity contribution < 1.29 is 9.72 Å². The molecule has 1 aliphatic rings. The summed E-state index contributed by atoms with van der Waals surface area (Å²) < 4.78 is 0. The van der Waals surface area contributed by atoms with Crippen LogP contribution < -0.4 is 4.90 Å². The molecule has 30 heavy (non-hydrogen) atoms. The first-order valence-electron chi connectivity index (χ1n) is 8.98. The molecule has 9 heteroatoms. The monoisotopic (exact) mass is 436 g/mol. The SMILES string of the molecule is C/C(=C1/S/C(=N/c2nc(C)cs2)N(c2ccccc2)C1=O)c1ccc([N+](=O)[O-])cc1. The largest absolute Gasteiger partial charge is 0.271 e. The van der Waals surface area contributed by atoms with E-state index in [4.69, 9.17) is 0 Å². The number of thiazole rings is 1. The van der Waals surface area contributed by atoms with Crippen molar-refractivity contribution in [2.24, 2.45) is 4.99 Å². The average Bonchev–Trinajstić information content (AvgIpc) is 3.30. The maximum Gasteiger partial charge on any atom is 0.271 e. The first-order chi connectivity index (χ1) is 14.4. The third kappa shape index (κ3) is 3.89. The van der Waals surface area contributed by atoms with Crippen LogP contribution in [0.4, 0.5) is 16.5 Å². The number of anilines is 1. The lowest BCUT2D eigenvalue weighted by Gasteiger charge is -2.15. The molecule has 0 unspecified atom stereocenters. The van der Waals surface area contributed by atoms with Crippen LogP contribution in [0.25, 0.3) is 5.57 Å². The minimum absolute atomic E-state index is 0.00857. The molecule has 0 N–H and O–H groups in total. The number of nitro benzene ring substituents is 1. The minimum Gasteiger partial charge on any atom is -0.268 e. The predicted molar refractivity (Wildman–Crippen MR) is 121 cm³/mol. The van der Waals surface area contributed by atoms with Crippen LogP contribution in [0.5, 0.6) is 0 Å². The Kier molecular flexibility index (Phi) is 5.47. The van der Waals surface area contributed by atoms with Crippen LogP contribution in [0.1, 0.15) is 18.2 Å². The van der Waals surface area contributed by atoms with Crippen molar-refractivity contribution in [2.45, 2.75) is 13.8 Å². The van der Waals surface area contributed by atoms with E-state index in [1.54, 1.807) is 17.0 Å². The molecular formula is C21H16N4O3S2. The van der Waals surface area contributed by atoms with Crippen molar-refractivity contribution in [3.63, 3.8) is 0 Å². The van der Waals surface area contributed by atoms with E-state index in [1.165, 1.54) is 35.2 Å². The van der Waals surface area contributed by atoms with E-state index >= 15 is 0 Å². The smallest absolute Gasteiger partial charge is 0.268 e. The van der Waals surface area contributed by atoms with Gasteiger partial charge >= 0.3 is 0 Å². The van der Waals surface area contributed by atoms with Gasteiger partial charge in [0.25, 0.3) is 11.6 Å². The second-order valence-corrected chi connectivity index (χ2v) is 8.32. The summed E-state index contributed by atoms with van der Waals surface area (Å²) in [5.74, 6) is -0.186. The molecule has 3 aromatic rings. The Hall–Kier alpha value is -3.30. The number of para-hydroxylation sites is 1. The number of hydrogen-bond donors (Lipinski definition) is 0. The number of allylic oxidation sites excluding steroid dienone is 1. The van der Waals surface area contributed by atoms with Gasteiger partial charge in [-0.25, -0.2) is 4.98 Å². The van der Waals surface area contributed by atoms with Gasteiger partial charge in [-0.15, -0.1) is 11.3 Å². The number of thioether (sulfide) groups is 1. The number of rotatable bonds is 4. The molecule has 1 aliphatic heterocycles.